The number of Topliss-reactive ketones (excluding diaryl/α,β-unsaturated/α-hetero) is 6. The molecule has 0 rings (SSSR count). The van der Waals surface area contributed by atoms with E-state index in [1.54, 1.807) is 0 Å². The summed E-state index contributed by atoms with van der Waals surface area (Å²) in [4.78, 5) is 68.7. The zero-order valence-corrected chi connectivity index (χ0v) is 52.5. The van der Waals surface area contributed by atoms with Gasteiger partial charge in [0.1, 0.15) is 34.7 Å². The predicted molar refractivity (Wildman–Crippen MR) is 262 cm³/mol. The molecule has 0 unspecified atom stereocenters. The molecule has 0 saturated carbocycles. The van der Waals surface area contributed by atoms with Crippen LogP contribution in [-0.4, -0.2) is 34.7 Å². The number of hydrogen-bond acceptors (Lipinski definition) is 6. The minimum absolute atomic E-state index is 0. The van der Waals surface area contributed by atoms with Crippen molar-refractivity contribution in [2.45, 2.75) is 248 Å². The minimum atomic E-state index is 0. The zero-order chi connectivity index (χ0) is 41.9. The number of carbonyl (C=O) groups excluding carboxylic acids is 6. The first-order chi connectivity index (χ1) is 25.3. The number of unbranched alkanes of at least 4 members (excludes halogenated alkanes) is 6. The number of ketones is 6. The van der Waals surface area contributed by atoms with Crippen molar-refractivity contribution in [3.8, 4) is 0 Å². The second kappa shape index (κ2) is 62.2. The summed E-state index contributed by atoms with van der Waals surface area (Å²) in [6.45, 7) is 24.8. The maximum Gasteiger partial charge on any atom is 2.00 e. The van der Waals surface area contributed by atoms with Gasteiger partial charge in [0, 0.05) is 99.2 Å². The second-order valence-electron chi connectivity index (χ2n) is 17.5. The summed E-state index contributed by atoms with van der Waals surface area (Å²) in [5.74, 6) is 4.34. The minimum Gasteiger partial charge on any atom is -0.358 e. The first-order valence-electron chi connectivity index (χ1n) is 21.9. The average molecular weight is 1550 g/mol. The van der Waals surface area contributed by atoms with Gasteiger partial charge in [-0.3, -0.25) is 14.4 Å². The molecule has 0 N–H and O–H groups in total. The molecule has 0 fully saturated rings. The molecular formula is C53H106O6U3-2. The van der Waals surface area contributed by atoms with Gasteiger partial charge in [-0.15, -0.1) is 19.3 Å². The molecule has 9 heteroatoms. The molecule has 0 aromatic rings. The van der Waals surface area contributed by atoms with Crippen LogP contribution in [0.5, 0.6) is 0 Å². The van der Waals surface area contributed by atoms with Gasteiger partial charge in [0.2, 0.25) is 0 Å². The molecule has 0 spiro atoms. The van der Waals surface area contributed by atoms with E-state index in [0.29, 0.717) is 75.1 Å². The van der Waals surface area contributed by atoms with Crippen LogP contribution >= 0.6 is 0 Å². The van der Waals surface area contributed by atoms with Gasteiger partial charge in [-0.25, -0.2) is 0 Å². The van der Waals surface area contributed by atoms with Crippen LogP contribution < -0.4 is 0 Å². The fraction of sp³-hybridized carbons (Fsp3) is 0.811. The second-order valence-corrected chi connectivity index (χ2v) is 17.5. The van der Waals surface area contributed by atoms with E-state index in [9.17, 15) is 28.8 Å². The van der Waals surface area contributed by atoms with Crippen LogP contribution in [0.3, 0.4) is 0 Å². The van der Waals surface area contributed by atoms with Crippen LogP contribution in [0.1, 0.15) is 248 Å². The van der Waals surface area contributed by atoms with Gasteiger partial charge in [0.15, 0.2) is 0 Å². The first kappa shape index (κ1) is 89.7. The largest absolute Gasteiger partial charge is 2.00 e. The molecule has 0 aromatic carbocycles. The smallest absolute Gasteiger partial charge is 0.358 e. The Morgan fingerprint density at radius 2 is 0.613 bits per heavy atom. The summed E-state index contributed by atoms with van der Waals surface area (Å²) >= 11 is 0. The van der Waals surface area contributed by atoms with E-state index in [1.165, 1.54) is 19.3 Å². The number of rotatable bonds is 33. The Kier molecular flexibility index (Phi) is 90.0. The first-order valence-corrected chi connectivity index (χ1v) is 21.9. The molecule has 368 valence electrons. The van der Waals surface area contributed by atoms with Crippen LogP contribution in [0.2, 0.25) is 0 Å². The van der Waals surface area contributed by atoms with Crippen LogP contribution in [0.4, 0.5) is 0 Å². The molecule has 0 aliphatic carbocycles. The van der Waals surface area contributed by atoms with E-state index < -0.39 is 0 Å². The van der Waals surface area contributed by atoms with Gasteiger partial charge in [-0.05, 0) is 56.3 Å². The van der Waals surface area contributed by atoms with Crippen molar-refractivity contribution >= 4 is 34.7 Å². The topological polar surface area (TPSA) is 102 Å². The molecule has 0 aliphatic rings. The van der Waals surface area contributed by atoms with Gasteiger partial charge in [0.05, 0.1) is 0 Å². The number of carbonyl (C=O) groups is 6. The van der Waals surface area contributed by atoms with Gasteiger partial charge in [0.25, 0.3) is 0 Å². The van der Waals surface area contributed by atoms with Gasteiger partial charge >= 0.3 is 31.1 Å². The fourth-order valence-corrected chi connectivity index (χ4v) is 5.29. The van der Waals surface area contributed by atoms with E-state index in [1.807, 2.05) is 60.8 Å². The third-order valence-corrected chi connectivity index (χ3v) is 9.30. The van der Waals surface area contributed by atoms with E-state index in [0.717, 1.165) is 75.5 Å². The standard InChI is InChI=1S/3C16H29O2.4CH4.CH3.3U/c3*1-13(2)9-5-6-10-15(17)11-7-8-12-16(18)14(3)4;;;;;;;;/h8,13-14H,5-7,9-12H2,1-4H3;2*7,13-14H,5-6,8-12H2,1-4H3;4*1H4;1H3;;;/q3*-1;;;;;-1;;;+2. The molecule has 0 saturated heterocycles. The Hall–Kier alpha value is 1.18. The van der Waals surface area contributed by atoms with Crippen molar-refractivity contribution in [1.82, 2.24) is 0 Å². The zero-order valence-electron chi connectivity index (χ0n) is 40.0. The summed E-state index contributed by atoms with van der Waals surface area (Å²) in [5, 5.41) is 0. The molecule has 0 radical (unpaired) electrons. The molecule has 0 heterocycles. The summed E-state index contributed by atoms with van der Waals surface area (Å²) < 4.78 is 0. The molecule has 62 heavy (non-hydrogen) atoms. The van der Waals surface area contributed by atoms with Crippen molar-refractivity contribution in [2.24, 2.45) is 35.5 Å². The van der Waals surface area contributed by atoms with Crippen LogP contribution in [-0.2, 0) is 28.8 Å². The Morgan fingerprint density at radius 1 is 0.355 bits per heavy atom. The van der Waals surface area contributed by atoms with E-state index in [4.69, 9.17) is 0 Å². The predicted octanol–water partition coefficient (Wildman–Crippen LogP) is 16.1. The van der Waals surface area contributed by atoms with E-state index in [-0.39, 0.29) is 166 Å². The van der Waals surface area contributed by atoms with Crippen molar-refractivity contribution in [3.05, 3.63) is 26.7 Å². The van der Waals surface area contributed by atoms with Gasteiger partial charge in [-0.2, -0.15) is 19.3 Å². The van der Waals surface area contributed by atoms with E-state index >= 15 is 0 Å². The van der Waals surface area contributed by atoms with Crippen LogP contribution in [0.25, 0.3) is 0 Å². The van der Waals surface area contributed by atoms with Gasteiger partial charge < -0.3 is 41.1 Å². The summed E-state index contributed by atoms with van der Waals surface area (Å²) in [6.07, 6.45) is 23.7. The monoisotopic (exact) mass is 1550 g/mol. The molecule has 0 atom stereocenters. The molecule has 6 nitrogen and oxygen atoms in total. The summed E-state index contributed by atoms with van der Waals surface area (Å²) in [5.41, 5.74) is 0. The normalized spacial score (nSPS) is 9.77. The SMILES string of the molecule is C.C.C.C.CC(C)CCCCC(=O)CC[CH-]CC(=O)C(C)C.CC(C)CCCCC(=O)C[CH-]CCC(=O)C(C)C.CC(C)CCCCC(=O)C[CH-]CCC(=O)C(C)C.[CH3-].[U+2].[U].[U]. The third kappa shape index (κ3) is 72.8. The Bertz CT molecular complexity index is 866. The third-order valence-electron chi connectivity index (χ3n) is 9.30. The summed E-state index contributed by atoms with van der Waals surface area (Å²) in [6, 6.07) is 0. The van der Waals surface area contributed by atoms with Crippen molar-refractivity contribution in [2.75, 3.05) is 0 Å². The Labute approximate surface area is 461 Å². The van der Waals surface area contributed by atoms with Crippen molar-refractivity contribution in [3.63, 3.8) is 0 Å². The summed E-state index contributed by atoms with van der Waals surface area (Å²) in [7, 11) is 0. The van der Waals surface area contributed by atoms with Gasteiger partial charge in [-0.1, -0.05) is 151 Å². The molecular weight excluding hydrogens is 1450 g/mol. The molecule has 0 amide bonds. The van der Waals surface area contributed by atoms with Crippen LogP contribution in [0, 0.1) is 156 Å². The fourth-order valence-electron chi connectivity index (χ4n) is 5.29. The maximum absolute atomic E-state index is 11.6. The van der Waals surface area contributed by atoms with Crippen LogP contribution in [0.15, 0.2) is 0 Å². The van der Waals surface area contributed by atoms with Crippen molar-refractivity contribution in [1.29, 1.82) is 0 Å². The molecule has 0 bridgehead atoms. The molecule has 0 aromatic heterocycles. The number of hydrogen-bond donors (Lipinski definition) is 0. The quantitative estimate of drug-likeness (QED) is 0.0479. The van der Waals surface area contributed by atoms with E-state index in [2.05, 4.69) is 41.5 Å². The Balaban J connectivity index is -0.0000000657. The maximum atomic E-state index is 11.6. The van der Waals surface area contributed by atoms with Crippen molar-refractivity contribution < 1.29 is 122 Å². The Morgan fingerprint density at radius 3 is 0.887 bits per heavy atom. The molecule has 0 aliphatic heterocycles. The average Bonchev–Trinajstić information content (AvgIpc) is 3.09.